The van der Waals surface area contributed by atoms with Crippen LogP contribution in [0.4, 0.5) is 0 Å². The molecule has 0 radical (unpaired) electrons. The van der Waals surface area contributed by atoms with Gasteiger partial charge in [0, 0.05) is 24.2 Å². The van der Waals surface area contributed by atoms with Crippen molar-refractivity contribution in [2.75, 3.05) is 20.1 Å². The molecule has 2 fully saturated rings. The third kappa shape index (κ3) is 2.39. The topological polar surface area (TPSA) is 6.25 Å². The highest BCUT2D eigenvalue weighted by molar-refractivity contribution is 5.12. The van der Waals surface area contributed by atoms with Gasteiger partial charge in [-0.15, -0.1) is 0 Å². The molecule has 0 amide bonds. The molecule has 0 bridgehead atoms. The van der Waals surface area contributed by atoms with Crippen LogP contribution in [0.1, 0.15) is 47.5 Å². The van der Waals surface area contributed by atoms with Gasteiger partial charge in [0.05, 0.1) is 0 Å². The number of likely N-dealkylation sites (tertiary alicyclic amines) is 1. The minimum atomic E-state index is 0.456. The second kappa shape index (κ2) is 4.55. The number of hydrogen-bond acceptors (Lipinski definition) is 2. The average molecular weight is 238 g/mol. The first-order valence-corrected chi connectivity index (χ1v) is 7.33. The maximum absolute atomic E-state index is 2.75. The standard InChI is InChI=1S/C15H30N2/c1-11(2)13-7-8-17(12(3)4)14(9-13)15(5)10-16(15)6/h11-14H,7-10H2,1-6H3. The van der Waals surface area contributed by atoms with E-state index in [4.69, 9.17) is 0 Å². The highest BCUT2D eigenvalue weighted by atomic mass is 15.4. The van der Waals surface area contributed by atoms with Crippen molar-refractivity contribution in [2.45, 2.75) is 65.1 Å². The Morgan fingerprint density at radius 2 is 1.76 bits per heavy atom. The Bertz CT molecular complexity index is 274. The van der Waals surface area contributed by atoms with Crippen LogP contribution in [0.25, 0.3) is 0 Å². The Labute approximate surface area is 107 Å². The van der Waals surface area contributed by atoms with Crippen LogP contribution in [0.15, 0.2) is 0 Å². The number of nitrogens with zero attached hydrogens (tertiary/aromatic N) is 2. The van der Waals surface area contributed by atoms with Gasteiger partial charge in [0.2, 0.25) is 0 Å². The van der Waals surface area contributed by atoms with E-state index in [9.17, 15) is 0 Å². The molecule has 0 aromatic rings. The molecule has 0 aromatic carbocycles. The highest BCUT2D eigenvalue weighted by Crippen LogP contribution is 2.43. The predicted octanol–water partition coefficient (Wildman–Crippen LogP) is 2.84. The van der Waals surface area contributed by atoms with Crippen LogP contribution < -0.4 is 0 Å². The van der Waals surface area contributed by atoms with Crippen LogP contribution in [-0.4, -0.2) is 47.6 Å². The fourth-order valence-corrected chi connectivity index (χ4v) is 3.65. The number of likely N-dealkylation sites (N-methyl/N-ethyl adjacent to an activating group) is 1. The van der Waals surface area contributed by atoms with Gasteiger partial charge in [-0.05, 0) is 59.0 Å². The third-order valence-electron chi connectivity index (χ3n) is 5.33. The summed E-state index contributed by atoms with van der Waals surface area (Å²) in [5.74, 6) is 1.78. The van der Waals surface area contributed by atoms with Crippen molar-refractivity contribution in [3.63, 3.8) is 0 Å². The normalized spacial score (nSPS) is 43.4. The summed E-state index contributed by atoms with van der Waals surface area (Å²) in [6.07, 6.45) is 2.79. The fraction of sp³-hybridized carbons (Fsp3) is 1.00. The van der Waals surface area contributed by atoms with Gasteiger partial charge in [0.1, 0.15) is 0 Å². The van der Waals surface area contributed by atoms with Crippen molar-refractivity contribution in [3.05, 3.63) is 0 Å². The van der Waals surface area contributed by atoms with Crippen molar-refractivity contribution in [3.8, 4) is 0 Å². The summed E-state index contributed by atoms with van der Waals surface area (Å²) in [5, 5.41) is 0. The summed E-state index contributed by atoms with van der Waals surface area (Å²) >= 11 is 0. The minimum Gasteiger partial charge on any atom is -0.296 e. The molecule has 2 heteroatoms. The molecule has 2 aliphatic heterocycles. The molecule has 0 N–H and O–H groups in total. The van der Waals surface area contributed by atoms with Gasteiger partial charge in [-0.1, -0.05) is 13.8 Å². The minimum absolute atomic E-state index is 0.456. The molecular formula is C15H30N2. The van der Waals surface area contributed by atoms with E-state index in [0.717, 1.165) is 17.9 Å². The zero-order chi connectivity index (χ0) is 12.8. The average Bonchev–Trinajstić information content (AvgIpc) is 2.87. The summed E-state index contributed by atoms with van der Waals surface area (Å²) in [4.78, 5) is 5.28. The molecule has 100 valence electrons. The van der Waals surface area contributed by atoms with Gasteiger partial charge in [0.15, 0.2) is 0 Å². The van der Waals surface area contributed by atoms with Crippen LogP contribution in [-0.2, 0) is 0 Å². The summed E-state index contributed by atoms with van der Waals surface area (Å²) in [6.45, 7) is 14.5. The molecule has 0 spiro atoms. The molecule has 4 atom stereocenters. The molecule has 2 aliphatic rings. The number of piperidine rings is 1. The van der Waals surface area contributed by atoms with Gasteiger partial charge in [-0.2, -0.15) is 0 Å². The van der Waals surface area contributed by atoms with Crippen LogP contribution in [0.2, 0.25) is 0 Å². The molecule has 0 saturated carbocycles. The quantitative estimate of drug-likeness (QED) is 0.698. The summed E-state index contributed by atoms with van der Waals surface area (Å²) in [6, 6.07) is 1.47. The monoisotopic (exact) mass is 238 g/mol. The Kier molecular flexibility index (Phi) is 3.57. The van der Waals surface area contributed by atoms with E-state index in [1.165, 1.54) is 25.9 Å². The lowest BCUT2D eigenvalue weighted by Crippen LogP contribution is -2.54. The first-order chi connectivity index (χ1) is 7.86. The Morgan fingerprint density at radius 1 is 1.18 bits per heavy atom. The van der Waals surface area contributed by atoms with E-state index in [1.54, 1.807) is 0 Å². The third-order valence-corrected chi connectivity index (χ3v) is 5.33. The second-order valence-electron chi connectivity index (χ2n) is 7.09. The van der Waals surface area contributed by atoms with Gasteiger partial charge < -0.3 is 0 Å². The lowest BCUT2D eigenvalue weighted by Gasteiger charge is -2.46. The van der Waals surface area contributed by atoms with Crippen molar-refractivity contribution in [1.29, 1.82) is 0 Å². The SMILES string of the molecule is CC(C)C1CCN(C(C)C)C(C2(C)CN2C)C1. The van der Waals surface area contributed by atoms with Crippen molar-refractivity contribution in [2.24, 2.45) is 11.8 Å². The smallest absolute Gasteiger partial charge is 0.0461 e. The molecule has 0 aliphatic carbocycles. The maximum atomic E-state index is 2.75. The summed E-state index contributed by atoms with van der Waals surface area (Å²) in [5.41, 5.74) is 0.456. The molecule has 2 rings (SSSR count). The molecule has 0 aromatic heterocycles. The fourth-order valence-electron chi connectivity index (χ4n) is 3.65. The van der Waals surface area contributed by atoms with Crippen LogP contribution in [0, 0.1) is 11.8 Å². The van der Waals surface area contributed by atoms with E-state index < -0.39 is 0 Å². The van der Waals surface area contributed by atoms with Gasteiger partial charge in [-0.3, -0.25) is 9.80 Å². The predicted molar refractivity (Wildman–Crippen MR) is 74.2 cm³/mol. The lowest BCUT2D eigenvalue weighted by molar-refractivity contribution is 0.0386. The first kappa shape index (κ1) is 13.4. The highest BCUT2D eigenvalue weighted by Gasteiger charge is 2.54. The molecular weight excluding hydrogens is 208 g/mol. The van der Waals surface area contributed by atoms with Gasteiger partial charge in [0.25, 0.3) is 0 Å². The van der Waals surface area contributed by atoms with Crippen LogP contribution in [0.5, 0.6) is 0 Å². The van der Waals surface area contributed by atoms with Crippen molar-refractivity contribution in [1.82, 2.24) is 9.80 Å². The van der Waals surface area contributed by atoms with E-state index in [2.05, 4.69) is 51.5 Å². The van der Waals surface area contributed by atoms with Crippen molar-refractivity contribution >= 4 is 0 Å². The van der Waals surface area contributed by atoms with E-state index in [1.807, 2.05) is 0 Å². The van der Waals surface area contributed by atoms with Gasteiger partial charge >= 0.3 is 0 Å². The Balaban J connectivity index is 2.11. The molecule has 2 saturated heterocycles. The Morgan fingerprint density at radius 3 is 2.18 bits per heavy atom. The van der Waals surface area contributed by atoms with Gasteiger partial charge in [-0.25, -0.2) is 0 Å². The zero-order valence-electron chi connectivity index (χ0n) is 12.5. The summed E-state index contributed by atoms with van der Waals surface area (Å²) < 4.78 is 0. The second-order valence-corrected chi connectivity index (χ2v) is 7.09. The summed E-state index contributed by atoms with van der Waals surface area (Å²) in [7, 11) is 2.28. The lowest BCUT2D eigenvalue weighted by atomic mass is 9.78. The van der Waals surface area contributed by atoms with Crippen molar-refractivity contribution < 1.29 is 0 Å². The molecule has 17 heavy (non-hydrogen) atoms. The van der Waals surface area contributed by atoms with E-state index in [0.29, 0.717) is 11.6 Å². The first-order valence-electron chi connectivity index (χ1n) is 7.33. The molecule has 2 nitrogen and oxygen atoms in total. The van der Waals surface area contributed by atoms with E-state index in [-0.39, 0.29) is 0 Å². The number of hydrogen-bond donors (Lipinski definition) is 0. The number of rotatable bonds is 3. The van der Waals surface area contributed by atoms with Crippen LogP contribution in [0.3, 0.4) is 0 Å². The van der Waals surface area contributed by atoms with Crippen LogP contribution >= 0.6 is 0 Å². The molecule has 4 unspecified atom stereocenters. The largest absolute Gasteiger partial charge is 0.296 e. The maximum Gasteiger partial charge on any atom is 0.0461 e. The van der Waals surface area contributed by atoms with E-state index >= 15 is 0 Å². The molecule has 2 heterocycles. The zero-order valence-corrected chi connectivity index (χ0v) is 12.5. The Hall–Kier alpha value is -0.0800.